The number of aliphatic hydroxyl groups is 1. The molecule has 0 aromatic carbocycles. The Morgan fingerprint density at radius 1 is 1.46 bits per heavy atom. The Balaban J connectivity index is 2.94. The molecule has 1 unspecified atom stereocenters. The molecule has 1 rings (SSSR count). The van der Waals surface area contributed by atoms with E-state index in [9.17, 15) is 22.3 Å². The average Bonchev–Trinajstić information content (AvgIpc) is 1.80. The summed E-state index contributed by atoms with van der Waals surface area (Å²) in [4.78, 5) is -3.55. The molecule has 78 valence electrons. The van der Waals surface area contributed by atoms with Crippen LogP contribution in [-0.4, -0.2) is 35.5 Å². The van der Waals surface area contributed by atoms with E-state index in [1.807, 2.05) is 15.9 Å². The lowest BCUT2D eigenvalue weighted by Crippen LogP contribution is -2.52. The smallest absolute Gasteiger partial charge is 0.330 e. The lowest BCUT2D eigenvalue weighted by Gasteiger charge is -2.34. The first-order valence-electron chi connectivity index (χ1n) is 3.66. The number of hydrogen-bond donors (Lipinski definition) is 1. The Morgan fingerprint density at radius 2 is 2.00 bits per heavy atom. The second kappa shape index (κ2) is 3.13. The highest BCUT2D eigenvalue weighted by molar-refractivity contribution is 9.10. The van der Waals surface area contributed by atoms with Crippen molar-refractivity contribution in [1.29, 1.82) is 0 Å². The molecule has 1 fully saturated rings. The Morgan fingerprint density at radius 3 is 2.31 bits per heavy atom. The van der Waals surface area contributed by atoms with E-state index in [1.165, 1.54) is 0 Å². The minimum Gasteiger partial charge on any atom is -0.382 e. The van der Waals surface area contributed by atoms with Crippen molar-refractivity contribution < 1.29 is 22.3 Å². The van der Waals surface area contributed by atoms with Gasteiger partial charge in [0.15, 0.2) is 15.4 Å². The van der Waals surface area contributed by atoms with Crippen LogP contribution in [0.4, 0.5) is 8.78 Å². The topological polar surface area (TPSA) is 54.4 Å². The highest BCUT2D eigenvalue weighted by Gasteiger charge is 2.54. The Hall–Kier alpha value is 0.250. The molecule has 0 aliphatic carbocycles. The Kier molecular flexibility index (Phi) is 2.73. The van der Waals surface area contributed by atoms with E-state index in [0.29, 0.717) is 0 Å². The van der Waals surface area contributed by atoms with Crippen molar-refractivity contribution in [2.24, 2.45) is 0 Å². The molecule has 0 radical (unpaired) electrons. The molecule has 7 heteroatoms. The molecule has 1 saturated heterocycles. The molecule has 3 nitrogen and oxygen atoms in total. The average molecular weight is 279 g/mol. The molecule has 0 saturated carbocycles. The van der Waals surface area contributed by atoms with E-state index in [0.717, 1.165) is 0 Å². The summed E-state index contributed by atoms with van der Waals surface area (Å²) < 4.78 is 47.5. The number of rotatable bonds is 1. The zero-order valence-electron chi connectivity index (χ0n) is 6.63. The maximum absolute atomic E-state index is 12.7. The zero-order chi connectivity index (χ0) is 10.3. The zero-order valence-corrected chi connectivity index (χ0v) is 9.04. The van der Waals surface area contributed by atoms with Crippen LogP contribution in [0.5, 0.6) is 0 Å². The van der Waals surface area contributed by atoms with Crippen LogP contribution in [0.25, 0.3) is 0 Å². The van der Waals surface area contributed by atoms with Crippen LogP contribution in [0.2, 0.25) is 0 Å². The summed E-state index contributed by atoms with van der Waals surface area (Å²) in [7, 11) is -3.53. The highest BCUT2D eigenvalue weighted by atomic mass is 79.9. The van der Waals surface area contributed by atoms with Gasteiger partial charge in [-0.15, -0.1) is 0 Å². The molecular weight excluding hydrogens is 270 g/mol. The molecule has 1 atom stereocenters. The summed E-state index contributed by atoms with van der Waals surface area (Å²) in [5, 5.41) is 9.37. The van der Waals surface area contributed by atoms with Crippen molar-refractivity contribution in [1.82, 2.24) is 0 Å². The normalized spacial score (nSPS) is 34.5. The molecule has 0 aromatic rings. The van der Waals surface area contributed by atoms with Crippen LogP contribution >= 0.6 is 15.9 Å². The number of hydrogen-bond acceptors (Lipinski definition) is 3. The van der Waals surface area contributed by atoms with Gasteiger partial charge in [0.2, 0.25) is 0 Å². The summed E-state index contributed by atoms with van der Waals surface area (Å²) in [6, 6.07) is 0. The van der Waals surface area contributed by atoms with Crippen molar-refractivity contribution in [2.45, 2.75) is 23.3 Å². The maximum atomic E-state index is 12.7. The van der Waals surface area contributed by atoms with E-state index in [1.54, 1.807) is 0 Å². The molecule has 1 heterocycles. The van der Waals surface area contributed by atoms with Gasteiger partial charge in [-0.3, -0.25) is 0 Å². The van der Waals surface area contributed by atoms with Crippen molar-refractivity contribution in [3.8, 4) is 0 Å². The molecule has 0 spiro atoms. The van der Waals surface area contributed by atoms with Gasteiger partial charge in [-0.05, 0) is 28.8 Å². The summed E-state index contributed by atoms with van der Waals surface area (Å²) in [6.07, 6.45) is -0.134. The van der Waals surface area contributed by atoms with Crippen LogP contribution < -0.4 is 0 Å². The molecular formula is C6H9BrF2O3S. The van der Waals surface area contributed by atoms with Gasteiger partial charge in [0.1, 0.15) is 0 Å². The minimum atomic E-state index is -3.55. The van der Waals surface area contributed by atoms with Crippen LogP contribution in [0.3, 0.4) is 0 Å². The third-order valence-electron chi connectivity index (χ3n) is 2.03. The monoisotopic (exact) mass is 278 g/mol. The standard InChI is InChI=1S/C6H9BrF2O3S/c7-6(8,9)5(10)2-1-3-13(11,12)4-5/h10H,1-4H2. The maximum Gasteiger partial charge on any atom is 0.330 e. The van der Waals surface area contributed by atoms with E-state index >= 15 is 0 Å². The lowest BCUT2D eigenvalue weighted by molar-refractivity contribution is -0.107. The van der Waals surface area contributed by atoms with Crippen molar-refractivity contribution in [3.63, 3.8) is 0 Å². The minimum absolute atomic E-state index is 0.0695. The SMILES string of the molecule is O=S1(=O)CCCC(O)(C(F)(F)Br)C1. The number of sulfone groups is 1. The molecule has 0 bridgehead atoms. The first-order valence-corrected chi connectivity index (χ1v) is 6.27. The van der Waals surface area contributed by atoms with Gasteiger partial charge in [-0.25, -0.2) is 8.42 Å². The van der Waals surface area contributed by atoms with Gasteiger partial charge in [0.05, 0.1) is 11.5 Å². The number of halogens is 3. The van der Waals surface area contributed by atoms with Gasteiger partial charge < -0.3 is 5.11 Å². The quantitative estimate of drug-likeness (QED) is 0.726. The van der Waals surface area contributed by atoms with Gasteiger partial charge >= 0.3 is 4.83 Å². The third kappa shape index (κ3) is 2.38. The Bertz CT molecular complexity index is 297. The summed E-state index contributed by atoms with van der Waals surface area (Å²) in [5.41, 5.74) is -2.45. The highest BCUT2D eigenvalue weighted by Crippen LogP contribution is 2.41. The fourth-order valence-corrected chi connectivity index (χ4v) is 3.62. The van der Waals surface area contributed by atoms with Crippen molar-refractivity contribution >= 4 is 25.8 Å². The van der Waals surface area contributed by atoms with Gasteiger partial charge in [-0.1, -0.05) is 0 Å². The van der Waals surface area contributed by atoms with Crippen molar-refractivity contribution in [2.75, 3.05) is 11.5 Å². The van der Waals surface area contributed by atoms with Crippen LogP contribution in [0, 0.1) is 0 Å². The Labute approximate surface area is 83.2 Å². The molecule has 1 N–H and O–H groups in total. The van der Waals surface area contributed by atoms with Gasteiger partial charge in [0, 0.05) is 0 Å². The van der Waals surface area contributed by atoms with Crippen LogP contribution in [-0.2, 0) is 9.84 Å². The lowest BCUT2D eigenvalue weighted by atomic mass is 10.0. The number of alkyl halides is 3. The second-order valence-corrected chi connectivity index (χ2v) is 6.40. The predicted octanol–water partition coefficient (Wildman–Crippen LogP) is 0.914. The molecule has 13 heavy (non-hydrogen) atoms. The van der Waals surface area contributed by atoms with Crippen molar-refractivity contribution in [3.05, 3.63) is 0 Å². The summed E-state index contributed by atoms with van der Waals surface area (Å²) in [6.45, 7) is 0. The first kappa shape index (κ1) is 11.3. The van der Waals surface area contributed by atoms with E-state index in [2.05, 4.69) is 0 Å². The van der Waals surface area contributed by atoms with E-state index in [4.69, 9.17) is 0 Å². The molecule has 0 aromatic heterocycles. The predicted molar refractivity (Wildman–Crippen MR) is 46.7 cm³/mol. The van der Waals surface area contributed by atoms with E-state index in [-0.39, 0.29) is 18.6 Å². The third-order valence-corrected chi connectivity index (χ3v) is 4.60. The van der Waals surface area contributed by atoms with E-state index < -0.39 is 26.0 Å². The first-order chi connectivity index (χ1) is 5.66. The van der Waals surface area contributed by atoms with Crippen LogP contribution in [0.15, 0.2) is 0 Å². The summed E-state index contributed by atoms with van der Waals surface area (Å²) >= 11 is 2.00. The largest absolute Gasteiger partial charge is 0.382 e. The van der Waals surface area contributed by atoms with Gasteiger partial charge in [-0.2, -0.15) is 8.78 Å². The molecule has 0 amide bonds. The molecule has 1 aliphatic rings. The van der Waals surface area contributed by atoms with Gasteiger partial charge in [0.25, 0.3) is 0 Å². The molecule has 1 aliphatic heterocycles. The fourth-order valence-electron chi connectivity index (χ4n) is 1.32. The second-order valence-electron chi connectivity index (χ2n) is 3.22. The fraction of sp³-hybridized carbons (Fsp3) is 1.00. The van der Waals surface area contributed by atoms with Crippen LogP contribution in [0.1, 0.15) is 12.8 Å². The summed E-state index contributed by atoms with van der Waals surface area (Å²) in [5.74, 6) is -1.00.